The Morgan fingerprint density at radius 3 is 2.15 bits per heavy atom. The zero-order chi connectivity index (χ0) is 20.4. The summed E-state index contributed by atoms with van der Waals surface area (Å²) in [7, 11) is -3.71. The average Bonchev–Trinajstić information content (AvgIpc) is 2.54. The molecule has 0 atom stereocenters. The van der Waals surface area contributed by atoms with Crippen LogP contribution in [-0.4, -0.2) is 25.8 Å². The van der Waals surface area contributed by atoms with E-state index in [1.165, 1.54) is 30.3 Å². The minimum Gasteiger partial charge on any atom is -0.366 e. The molecule has 2 aromatic carbocycles. The van der Waals surface area contributed by atoms with Gasteiger partial charge in [0, 0.05) is 16.8 Å². The van der Waals surface area contributed by atoms with Crippen LogP contribution in [0.15, 0.2) is 47.4 Å². The molecule has 144 valence electrons. The van der Waals surface area contributed by atoms with Gasteiger partial charge < -0.3 is 11.1 Å². The van der Waals surface area contributed by atoms with Gasteiger partial charge in [0.05, 0.1) is 10.5 Å². The fourth-order valence-electron chi connectivity index (χ4n) is 2.24. The number of nitrogens with one attached hydrogen (secondary N) is 2. The van der Waals surface area contributed by atoms with Gasteiger partial charge in [-0.3, -0.25) is 9.59 Å². The predicted octanol–water partition coefficient (Wildman–Crippen LogP) is 2.25. The van der Waals surface area contributed by atoms with Gasteiger partial charge in [0.15, 0.2) is 0 Å². The summed E-state index contributed by atoms with van der Waals surface area (Å²) in [6.07, 6.45) is 0. The Labute approximate surface area is 156 Å². The van der Waals surface area contributed by atoms with Crippen LogP contribution >= 0.6 is 0 Å². The van der Waals surface area contributed by atoms with Crippen LogP contribution in [0.3, 0.4) is 0 Å². The van der Waals surface area contributed by atoms with Crippen molar-refractivity contribution in [3.05, 3.63) is 59.4 Å². The third kappa shape index (κ3) is 5.35. The highest BCUT2D eigenvalue weighted by molar-refractivity contribution is 7.89. The van der Waals surface area contributed by atoms with Crippen LogP contribution in [0.4, 0.5) is 10.1 Å². The molecule has 0 spiro atoms. The SMILES string of the molecule is CC(C)(C)NS(=O)(=O)c1ccc(C(=O)Nc2ccc(F)c(C(N)=O)c2)cc1. The van der Waals surface area contributed by atoms with Crippen LogP contribution in [0.2, 0.25) is 0 Å². The number of rotatable bonds is 5. The molecule has 0 fully saturated rings. The molecule has 0 saturated carbocycles. The molecular formula is C18H20FN3O4S. The largest absolute Gasteiger partial charge is 0.366 e. The van der Waals surface area contributed by atoms with Crippen LogP contribution in [0, 0.1) is 5.82 Å². The number of halogens is 1. The highest BCUT2D eigenvalue weighted by Gasteiger charge is 2.22. The van der Waals surface area contributed by atoms with Gasteiger partial charge in [-0.1, -0.05) is 0 Å². The summed E-state index contributed by atoms with van der Waals surface area (Å²) in [5, 5.41) is 2.50. The maximum Gasteiger partial charge on any atom is 0.255 e. The minimum absolute atomic E-state index is 0.0202. The highest BCUT2D eigenvalue weighted by Crippen LogP contribution is 2.17. The lowest BCUT2D eigenvalue weighted by molar-refractivity contribution is 0.0992. The van der Waals surface area contributed by atoms with Crippen LogP contribution < -0.4 is 15.8 Å². The molecule has 2 aromatic rings. The van der Waals surface area contributed by atoms with Crippen molar-refractivity contribution >= 4 is 27.5 Å². The van der Waals surface area contributed by atoms with Crippen molar-refractivity contribution in [2.45, 2.75) is 31.2 Å². The molecule has 27 heavy (non-hydrogen) atoms. The topological polar surface area (TPSA) is 118 Å². The average molecular weight is 393 g/mol. The maximum absolute atomic E-state index is 13.5. The summed E-state index contributed by atoms with van der Waals surface area (Å²) in [6.45, 7) is 5.15. The van der Waals surface area contributed by atoms with E-state index in [2.05, 4.69) is 10.0 Å². The standard InChI is InChI=1S/C18H20FN3O4S/c1-18(2,3)22-27(25,26)13-7-4-11(5-8-13)17(24)21-12-6-9-15(19)14(10-12)16(20)23/h4-10,22H,1-3H3,(H2,20,23)(H,21,24). The molecule has 0 aliphatic rings. The third-order valence-corrected chi connectivity index (χ3v) is 5.13. The minimum atomic E-state index is -3.71. The first-order valence-corrected chi connectivity index (χ1v) is 9.42. The quantitative estimate of drug-likeness (QED) is 0.722. The molecule has 0 unspecified atom stereocenters. The molecule has 0 bridgehead atoms. The van der Waals surface area contributed by atoms with Crippen molar-refractivity contribution in [3.63, 3.8) is 0 Å². The van der Waals surface area contributed by atoms with Gasteiger partial charge in [0.1, 0.15) is 5.82 Å². The second-order valence-electron chi connectivity index (χ2n) is 6.89. The highest BCUT2D eigenvalue weighted by atomic mass is 32.2. The van der Waals surface area contributed by atoms with Crippen LogP contribution in [0.1, 0.15) is 41.5 Å². The van der Waals surface area contributed by atoms with E-state index in [0.29, 0.717) is 0 Å². The Bertz CT molecular complexity index is 981. The molecule has 0 heterocycles. The van der Waals surface area contributed by atoms with E-state index in [4.69, 9.17) is 5.73 Å². The molecule has 0 aromatic heterocycles. The van der Waals surface area contributed by atoms with Gasteiger partial charge in [-0.25, -0.2) is 17.5 Å². The Morgan fingerprint density at radius 1 is 1.04 bits per heavy atom. The second kappa shape index (κ2) is 7.45. The number of primary amides is 1. The van der Waals surface area contributed by atoms with Crippen molar-refractivity contribution in [2.75, 3.05) is 5.32 Å². The number of sulfonamides is 1. The first kappa shape index (κ1) is 20.5. The normalized spacial score (nSPS) is 11.9. The third-order valence-electron chi connectivity index (χ3n) is 3.36. The first-order chi connectivity index (χ1) is 12.4. The van der Waals surface area contributed by atoms with Crippen LogP contribution in [0.25, 0.3) is 0 Å². The summed E-state index contributed by atoms with van der Waals surface area (Å²) in [4.78, 5) is 23.5. The zero-order valence-electron chi connectivity index (χ0n) is 15.0. The van der Waals surface area contributed by atoms with E-state index in [-0.39, 0.29) is 21.7 Å². The molecule has 0 aliphatic carbocycles. The molecule has 0 saturated heterocycles. The number of carbonyl (C=O) groups is 2. The monoisotopic (exact) mass is 393 g/mol. The molecule has 2 rings (SSSR count). The molecule has 0 aliphatic heterocycles. The van der Waals surface area contributed by atoms with E-state index in [1.807, 2.05) is 0 Å². The van der Waals surface area contributed by atoms with Gasteiger partial charge in [-0.15, -0.1) is 0 Å². The van der Waals surface area contributed by atoms with Gasteiger partial charge in [0.25, 0.3) is 11.8 Å². The summed E-state index contributed by atoms with van der Waals surface area (Å²) in [5.41, 5.74) is 4.46. The lowest BCUT2D eigenvalue weighted by Gasteiger charge is -2.20. The zero-order valence-corrected chi connectivity index (χ0v) is 15.9. The molecule has 9 heteroatoms. The number of nitrogens with two attached hydrogens (primary N) is 1. The van der Waals surface area contributed by atoms with Gasteiger partial charge in [0.2, 0.25) is 10.0 Å². The first-order valence-electron chi connectivity index (χ1n) is 7.94. The fourth-order valence-corrected chi connectivity index (χ4v) is 3.66. The molecule has 2 amide bonds. The summed E-state index contributed by atoms with van der Waals surface area (Å²) >= 11 is 0. The van der Waals surface area contributed by atoms with Crippen molar-refractivity contribution in [3.8, 4) is 0 Å². The van der Waals surface area contributed by atoms with Crippen LogP contribution in [0.5, 0.6) is 0 Å². The van der Waals surface area contributed by atoms with E-state index in [1.54, 1.807) is 20.8 Å². The smallest absolute Gasteiger partial charge is 0.255 e. The van der Waals surface area contributed by atoms with Crippen molar-refractivity contribution in [1.29, 1.82) is 0 Å². The Balaban J connectivity index is 2.19. The van der Waals surface area contributed by atoms with Crippen molar-refractivity contribution < 1.29 is 22.4 Å². The lowest BCUT2D eigenvalue weighted by atomic mass is 10.1. The van der Waals surface area contributed by atoms with Gasteiger partial charge >= 0.3 is 0 Å². The number of hydrogen-bond donors (Lipinski definition) is 3. The second-order valence-corrected chi connectivity index (χ2v) is 8.58. The lowest BCUT2D eigenvalue weighted by Crippen LogP contribution is -2.40. The van der Waals surface area contributed by atoms with Crippen molar-refractivity contribution in [2.24, 2.45) is 5.73 Å². The molecular weight excluding hydrogens is 373 g/mol. The predicted molar refractivity (Wildman–Crippen MR) is 99.4 cm³/mol. The van der Waals surface area contributed by atoms with E-state index in [0.717, 1.165) is 12.1 Å². The van der Waals surface area contributed by atoms with Gasteiger partial charge in [-0.2, -0.15) is 0 Å². The number of amides is 2. The molecule has 4 N–H and O–H groups in total. The van der Waals surface area contributed by atoms with Gasteiger partial charge in [-0.05, 0) is 63.2 Å². The summed E-state index contributed by atoms with van der Waals surface area (Å²) < 4.78 is 40.5. The Hall–Kier alpha value is -2.78. The Kier molecular flexibility index (Phi) is 5.67. The number of anilines is 1. The summed E-state index contributed by atoms with van der Waals surface area (Å²) in [6, 6.07) is 8.75. The van der Waals surface area contributed by atoms with Crippen LogP contribution in [-0.2, 0) is 10.0 Å². The number of hydrogen-bond acceptors (Lipinski definition) is 4. The molecule has 0 radical (unpaired) electrons. The fraction of sp³-hybridized carbons (Fsp3) is 0.222. The van der Waals surface area contributed by atoms with Crippen molar-refractivity contribution in [1.82, 2.24) is 4.72 Å². The van der Waals surface area contributed by atoms with E-state index in [9.17, 15) is 22.4 Å². The summed E-state index contributed by atoms with van der Waals surface area (Å²) in [5.74, 6) is -2.30. The Morgan fingerprint density at radius 2 is 1.63 bits per heavy atom. The molecule has 7 nitrogen and oxygen atoms in total. The number of benzene rings is 2. The van der Waals surface area contributed by atoms with E-state index >= 15 is 0 Å². The maximum atomic E-state index is 13.5. The van der Waals surface area contributed by atoms with E-state index < -0.39 is 33.2 Å². The number of carbonyl (C=O) groups excluding carboxylic acids is 2.